The van der Waals surface area contributed by atoms with E-state index in [-0.39, 0.29) is 30.7 Å². The summed E-state index contributed by atoms with van der Waals surface area (Å²) in [5.41, 5.74) is 7.10. The summed E-state index contributed by atoms with van der Waals surface area (Å²) >= 11 is 0. The molecule has 1 aromatic carbocycles. The highest BCUT2D eigenvalue weighted by atomic mass is 35.5. The quantitative estimate of drug-likeness (QED) is 0.885. The Hall–Kier alpha value is -0.970. The third-order valence-electron chi connectivity index (χ3n) is 5.21. The lowest BCUT2D eigenvalue weighted by Crippen LogP contribution is -2.41. The van der Waals surface area contributed by atoms with Crippen molar-refractivity contribution < 1.29 is 4.79 Å². The molecule has 1 amide bonds. The lowest BCUT2D eigenvalue weighted by atomic mass is 9.94. The molecule has 2 aliphatic rings. The molecule has 0 spiro atoms. The van der Waals surface area contributed by atoms with Gasteiger partial charge in [0.1, 0.15) is 0 Å². The Kier molecular flexibility index (Phi) is 8.88. The van der Waals surface area contributed by atoms with E-state index in [4.69, 9.17) is 5.73 Å². The van der Waals surface area contributed by atoms with Crippen LogP contribution in [-0.2, 0) is 4.79 Å². The molecule has 0 bridgehead atoms. The van der Waals surface area contributed by atoms with Crippen LogP contribution in [0.2, 0.25) is 0 Å². The zero-order valence-electron chi connectivity index (χ0n) is 14.1. The second kappa shape index (κ2) is 10.1. The molecular formula is C18H29Cl2N3O. The number of para-hydroxylation sites is 1. The number of nitrogens with two attached hydrogens (primary N) is 1. The molecule has 0 aromatic heterocycles. The molecule has 24 heavy (non-hydrogen) atoms. The van der Waals surface area contributed by atoms with Crippen molar-refractivity contribution in [3.8, 4) is 0 Å². The molecule has 2 atom stereocenters. The van der Waals surface area contributed by atoms with Gasteiger partial charge < -0.3 is 15.5 Å². The highest BCUT2D eigenvalue weighted by molar-refractivity contribution is 5.85. The smallest absolute Gasteiger partial charge is 0.226 e. The van der Waals surface area contributed by atoms with Crippen LogP contribution < -0.4 is 10.6 Å². The summed E-state index contributed by atoms with van der Waals surface area (Å²) in [5, 5.41) is 0. The fourth-order valence-electron chi connectivity index (χ4n) is 3.91. The third kappa shape index (κ3) is 4.78. The van der Waals surface area contributed by atoms with E-state index in [0.717, 1.165) is 51.9 Å². The van der Waals surface area contributed by atoms with Gasteiger partial charge in [-0.25, -0.2) is 0 Å². The molecule has 4 nitrogen and oxygen atoms in total. The second-order valence-corrected chi connectivity index (χ2v) is 6.53. The molecule has 1 heterocycles. The number of hydrogen-bond donors (Lipinski definition) is 1. The molecular weight excluding hydrogens is 345 g/mol. The standard InChI is InChI=1S/C18H27N3O.2ClH/c19-14-15-6-4-9-17(15)18(22)21-11-5-10-20(12-13-21)16-7-2-1-3-8-16;;/h1-3,7-8,15,17H,4-6,9-14,19H2;2*1H/t15-,17-;;/m1../s1. The largest absolute Gasteiger partial charge is 0.370 e. The van der Waals surface area contributed by atoms with Crippen molar-refractivity contribution in [3.05, 3.63) is 30.3 Å². The predicted octanol–water partition coefficient (Wildman–Crippen LogP) is 2.94. The summed E-state index contributed by atoms with van der Waals surface area (Å²) in [4.78, 5) is 17.3. The van der Waals surface area contributed by atoms with Gasteiger partial charge in [0, 0.05) is 37.8 Å². The van der Waals surface area contributed by atoms with E-state index in [0.29, 0.717) is 18.4 Å². The number of anilines is 1. The zero-order chi connectivity index (χ0) is 15.4. The Balaban J connectivity index is 0.00000144. The molecule has 0 radical (unpaired) electrons. The summed E-state index contributed by atoms with van der Waals surface area (Å²) in [5.74, 6) is 0.928. The predicted molar refractivity (Wildman–Crippen MR) is 104 cm³/mol. The zero-order valence-corrected chi connectivity index (χ0v) is 15.7. The van der Waals surface area contributed by atoms with E-state index in [1.54, 1.807) is 0 Å². The lowest BCUT2D eigenvalue weighted by Gasteiger charge is -2.27. The minimum absolute atomic E-state index is 0. The molecule has 1 saturated heterocycles. The number of halogens is 2. The van der Waals surface area contributed by atoms with Crippen LogP contribution in [-0.4, -0.2) is 43.5 Å². The summed E-state index contributed by atoms with van der Waals surface area (Å²) < 4.78 is 0. The van der Waals surface area contributed by atoms with Crippen molar-refractivity contribution >= 4 is 36.4 Å². The van der Waals surface area contributed by atoms with Crippen molar-refractivity contribution in [1.29, 1.82) is 0 Å². The van der Waals surface area contributed by atoms with Crippen molar-refractivity contribution in [3.63, 3.8) is 0 Å². The number of hydrogen-bond acceptors (Lipinski definition) is 3. The van der Waals surface area contributed by atoms with Crippen LogP contribution in [0, 0.1) is 11.8 Å². The summed E-state index contributed by atoms with van der Waals surface area (Å²) in [6.07, 6.45) is 4.35. The highest BCUT2D eigenvalue weighted by Crippen LogP contribution is 2.32. The molecule has 1 aromatic rings. The first kappa shape index (κ1) is 21.1. The van der Waals surface area contributed by atoms with E-state index in [2.05, 4.69) is 34.1 Å². The van der Waals surface area contributed by atoms with E-state index < -0.39 is 0 Å². The fraction of sp³-hybridized carbons (Fsp3) is 0.611. The average Bonchev–Trinajstić information content (AvgIpc) is 2.91. The number of carbonyl (C=O) groups excluding carboxylic acids is 1. The monoisotopic (exact) mass is 373 g/mol. The van der Waals surface area contributed by atoms with E-state index in [1.807, 2.05) is 6.07 Å². The van der Waals surface area contributed by atoms with Gasteiger partial charge in [-0.3, -0.25) is 4.79 Å². The SMILES string of the molecule is Cl.Cl.NC[C@H]1CCC[C@H]1C(=O)N1CCCN(c2ccccc2)CC1. The maximum Gasteiger partial charge on any atom is 0.226 e. The number of benzene rings is 1. The maximum atomic E-state index is 12.8. The van der Waals surface area contributed by atoms with Crippen LogP contribution in [0.15, 0.2) is 30.3 Å². The summed E-state index contributed by atoms with van der Waals surface area (Å²) in [6.45, 7) is 4.33. The molecule has 6 heteroatoms. The first-order valence-electron chi connectivity index (χ1n) is 8.58. The summed E-state index contributed by atoms with van der Waals surface area (Å²) in [6, 6.07) is 10.5. The maximum absolute atomic E-state index is 12.8. The molecule has 0 unspecified atom stereocenters. The van der Waals surface area contributed by atoms with Gasteiger partial charge in [-0.2, -0.15) is 0 Å². The van der Waals surface area contributed by atoms with Gasteiger partial charge in [0.25, 0.3) is 0 Å². The minimum atomic E-state index is 0. The van der Waals surface area contributed by atoms with Gasteiger partial charge in [-0.1, -0.05) is 24.6 Å². The van der Waals surface area contributed by atoms with Crippen LogP contribution >= 0.6 is 24.8 Å². The van der Waals surface area contributed by atoms with E-state index in [9.17, 15) is 4.79 Å². The number of nitrogens with zero attached hydrogens (tertiary/aromatic N) is 2. The topological polar surface area (TPSA) is 49.6 Å². The number of amides is 1. The van der Waals surface area contributed by atoms with Crippen molar-refractivity contribution in [2.24, 2.45) is 17.6 Å². The van der Waals surface area contributed by atoms with Crippen LogP contribution in [0.5, 0.6) is 0 Å². The van der Waals surface area contributed by atoms with Gasteiger partial charge in [0.15, 0.2) is 0 Å². The fourth-order valence-corrected chi connectivity index (χ4v) is 3.91. The minimum Gasteiger partial charge on any atom is -0.370 e. The first-order valence-corrected chi connectivity index (χ1v) is 8.58. The van der Waals surface area contributed by atoms with Gasteiger partial charge in [0.05, 0.1) is 0 Å². The van der Waals surface area contributed by atoms with Crippen molar-refractivity contribution in [2.75, 3.05) is 37.6 Å². The van der Waals surface area contributed by atoms with Crippen molar-refractivity contribution in [1.82, 2.24) is 4.90 Å². The first-order chi connectivity index (χ1) is 10.8. The van der Waals surface area contributed by atoms with E-state index >= 15 is 0 Å². The molecule has 3 rings (SSSR count). The Morgan fingerprint density at radius 1 is 1.00 bits per heavy atom. The van der Waals surface area contributed by atoms with Gasteiger partial charge in [-0.05, 0) is 43.9 Å². The van der Waals surface area contributed by atoms with Gasteiger partial charge in [-0.15, -0.1) is 24.8 Å². The van der Waals surface area contributed by atoms with Crippen LogP contribution in [0.3, 0.4) is 0 Å². The van der Waals surface area contributed by atoms with E-state index in [1.165, 1.54) is 5.69 Å². The Bertz CT molecular complexity index is 500. The molecule has 1 aliphatic carbocycles. The molecule has 1 saturated carbocycles. The molecule has 2 N–H and O–H groups in total. The Labute approximate surface area is 157 Å². The van der Waals surface area contributed by atoms with Gasteiger partial charge in [0.2, 0.25) is 5.91 Å². The molecule has 136 valence electrons. The van der Waals surface area contributed by atoms with Crippen LogP contribution in [0.4, 0.5) is 5.69 Å². The third-order valence-corrected chi connectivity index (χ3v) is 5.21. The number of carbonyl (C=O) groups is 1. The second-order valence-electron chi connectivity index (χ2n) is 6.53. The van der Waals surface area contributed by atoms with Crippen molar-refractivity contribution in [2.45, 2.75) is 25.7 Å². The number of rotatable bonds is 3. The van der Waals surface area contributed by atoms with Crippen LogP contribution in [0.1, 0.15) is 25.7 Å². The van der Waals surface area contributed by atoms with Crippen LogP contribution in [0.25, 0.3) is 0 Å². The molecule has 2 fully saturated rings. The lowest BCUT2D eigenvalue weighted by molar-refractivity contribution is -0.136. The normalized spacial score (nSPS) is 23.9. The average molecular weight is 374 g/mol. The molecule has 1 aliphatic heterocycles. The highest BCUT2D eigenvalue weighted by Gasteiger charge is 2.35. The summed E-state index contributed by atoms with van der Waals surface area (Å²) in [7, 11) is 0. The Morgan fingerprint density at radius 2 is 1.75 bits per heavy atom. The van der Waals surface area contributed by atoms with Gasteiger partial charge >= 0.3 is 0 Å². The Morgan fingerprint density at radius 3 is 2.46 bits per heavy atom.